The number of aliphatic hydroxyl groups is 1. The first-order valence-corrected chi connectivity index (χ1v) is 11.9. The van der Waals surface area contributed by atoms with Gasteiger partial charge in [0.2, 0.25) is 5.91 Å². The topological polar surface area (TPSA) is 99.1 Å². The van der Waals surface area contributed by atoms with Crippen molar-refractivity contribution in [3.63, 3.8) is 0 Å². The molecule has 0 saturated heterocycles. The number of halogens is 2. The molecule has 1 heterocycles. The molecule has 0 bridgehead atoms. The Kier molecular flexibility index (Phi) is 8.23. The maximum atomic E-state index is 13.8. The van der Waals surface area contributed by atoms with E-state index in [1.165, 1.54) is 14.0 Å². The van der Waals surface area contributed by atoms with Gasteiger partial charge in [0.25, 0.3) is 0 Å². The molecule has 7 nitrogen and oxygen atoms in total. The van der Waals surface area contributed by atoms with Crippen molar-refractivity contribution in [2.45, 2.75) is 71.7 Å². The Morgan fingerprint density at radius 3 is 2.33 bits per heavy atom. The van der Waals surface area contributed by atoms with Crippen molar-refractivity contribution < 1.29 is 33.3 Å². The number of hydrogen-bond donors (Lipinski definition) is 3. The molecule has 2 amide bonds. The smallest absolute Gasteiger partial charge is 0.407 e. The van der Waals surface area contributed by atoms with E-state index < -0.39 is 41.8 Å². The molecule has 0 aliphatic carbocycles. The number of aliphatic hydroxyl groups excluding tert-OH is 1. The molecule has 3 N–H and O–H groups in total. The van der Waals surface area contributed by atoms with E-state index >= 15 is 0 Å². The van der Waals surface area contributed by atoms with Gasteiger partial charge in [-0.15, -0.1) is 0 Å². The average Bonchev–Trinajstić information content (AvgIpc) is 2.75. The highest BCUT2D eigenvalue weighted by Crippen LogP contribution is 2.37. The lowest BCUT2D eigenvalue weighted by molar-refractivity contribution is -0.120. The number of benzene rings is 2. The van der Waals surface area contributed by atoms with Crippen molar-refractivity contribution in [1.29, 1.82) is 0 Å². The van der Waals surface area contributed by atoms with Crippen LogP contribution in [0.5, 0.6) is 5.75 Å². The molecule has 1 aliphatic heterocycles. The van der Waals surface area contributed by atoms with Gasteiger partial charge in [0.05, 0.1) is 31.8 Å². The van der Waals surface area contributed by atoms with Crippen molar-refractivity contribution in [3.8, 4) is 5.75 Å². The van der Waals surface area contributed by atoms with Crippen molar-refractivity contribution in [2.24, 2.45) is 5.41 Å². The number of fused-ring (bicyclic) bond motifs is 1. The Balaban J connectivity index is 2.03. The molecule has 1 aliphatic rings. The minimum atomic E-state index is -1.35. The molecular formula is C27H34F2N2O5. The van der Waals surface area contributed by atoms with Crippen molar-refractivity contribution in [2.75, 3.05) is 7.11 Å². The first kappa shape index (κ1) is 27.4. The SMILES string of the molecule is COc1ccc(CC(C)(C)C)c2c1CN(C(=O)O)[C@@H]([C@@H](O)[C@H](Cc1cc(F)cc(F)c1)NC(C)=O)C2. The predicted octanol–water partition coefficient (Wildman–Crippen LogP) is 4.08. The number of carbonyl (C=O) groups is 2. The summed E-state index contributed by atoms with van der Waals surface area (Å²) in [6.45, 7) is 7.58. The highest BCUT2D eigenvalue weighted by Gasteiger charge is 2.40. The van der Waals surface area contributed by atoms with Crippen LogP contribution >= 0.6 is 0 Å². The van der Waals surface area contributed by atoms with Gasteiger partial charge in [0, 0.05) is 18.6 Å². The average molecular weight is 505 g/mol. The van der Waals surface area contributed by atoms with E-state index in [1.807, 2.05) is 12.1 Å². The van der Waals surface area contributed by atoms with Crippen LogP contribution in [-0.4, -0.2) is 52.4 Å². The molecule has 3 atom stereocenters. The van der Waals surface area contributed by atoms with Gasteiger partial charge in [-0.1, -0.05) is 26.8 Å². The van der Waals surface area contributed by atoms with Crippen molar-refractivity contribution in [1.82, 2.24) is 10.2 Å². The van der Waals surface area contributed by atoms with Crippen LogP contribution < -0.4 is 10.1 Å². The molecule has 0 spiro atoms. The zero-order valence-corrected chi connectivity index (χ0v) is 21.3. The standard InChI is InChI=1S/C27H34F2N2O5/c1-15(32)30-22(10-16-8-18(28)11-19(29)9-16)25(33)23-12-20-17(13-27(2,3)4)6-7-24(36-5)21(20)14-31(23)26(34)35/h6-9,11,22-23,25,33H,10,12-14H2,1-5H3,(H,30,32)(H,34,35)/t22-,23+,25-/m0/s1. The molecule has 0 fully saturated rings. The molecule has 0 unspecified atom stereocenters. The first-order chi connectivity index (χ1) is 16.8. The molecule has 2 aromatic rings. The van der Waals surface area contributed by atoms with Gasteiger partial charge in [0.15, 0.2) is 0 Å². The van der Waals surface area contributed by atoms with Crippen LogP contribution in [0, 0.1) is 17.0 Å². The highest BCUT2D eigenvalue weighted by molar-refractivity contribution is 5.73. The Labute approximate surface area is 210 Å². The Bertz CT molecular complexity index is 1110. The fourth-order valence-electron chi connectivity index (χ4n) is 4.97. The van der Waals surface area contributed by atoms with Gasteiger partial charge in [-0.2, -0.15) is 0 Å². The summed E-state index contributed by atoms with van der Waals surface area (Å²) < 4.78 is 33.1. The van der Waals surface area contributed by atoms with E-state index in [4.69, 9.17) is 4.74 Å². The van der Waals surface area contributed by atoms with Crippen molar-refractivity contribution >= 4 is 12.0 Å². The first-order valence-electron chi connectivity index (χ1n) is 11.9. The maximum Gasteiger partial charge on any atom is 0.407 e. The lowest BCUT2D eigenvalue weighted by Gasteiger charge is -2.41. The third kappa shape index (κ3) is 6.51. The van der Waals surface area contributed by atoms with Crippen LogP contribution in [0.4, 0.5) is 13.6 Å². The summed E-state index contributed by atoms with van der Waals surface area (Å²) >= 11 is 0. The number of hydrogen-bond acceptors (Lipinski definition) is 4. The normalized spacial score (nSPS) is 17.2. The molecule has 0 radical (unpaired) electrons. The van der Waals surface area contributed by atoms with Crippen LogP contribution in [-0.2, 0) is 30.6 Å². The number of nitrogens with one attached hydrogen (secondary N) is 1. The molecule has 0 saturated carbocycles. The van der Waals surface area contributed by atoms with Gasteiger partial charge >= 0.3 is 6.09 Å². The number of amides is 2. The summed E-state index contributed by atoms with van der Waals surface area (Å²) in [6, 6.07) is 4.90. The second-order valence-electron chi connectivity index (χ2n) is 10.6. The van der Waals surface area contributed by atoms with Crippen molar-refractivity contribution in [3.05, 3.63) is 64.2 Å². The zero-order valence-electron chi connectivity index (χ0n) is 21.3. The van der Waals surface area contributed by atoms with Gasteiger partial charge in [-0.05, 0) is 59.6 Å². The molecule has 3 rings (SSSR count). The van der Waals surface area contributed by atoms with E-state index in [2.05, 4.69) is 26.1 Å². The quantitative estimate of drug-likeness (QED) is 0.528. The fraction of sp³-hybridized carbons (Fsp3) is 0.481. The van der Waals surface area contributed by atoms with Crippen LogP contribution in [0.2, 0.25) is 0 Å². The zero-order chi connectivity index (χ0) is 26.8. The molecule has 9 heteroatoms. The Morgan fingerprint density at radius 2 is 1.81 bits per heavy atom. The Morgan fingerprint density at radius 1 is 1.17 bits per heavy atom. The highest BCUT2D eigenvalue weighted by atomic mass is 19.1. The molecule has 196 valence electrons. The summed E-state index contributed by atoms with van der Waals surface area (Å²) in [5.41, 5.74) is 2.88. The number of carbonyl (C=O) groups excluding carboxylic acids is 1. The monoisotopic (exact) mass is 504 g/mol. The largest absolute Gasteiger partial charge is 0.496 e. The summed E-state index contributed by atoms with van der Waals surface area (Å²) in [5.74, 6) is -1.45. The van der Waals surface area contributed by atoms with E-state index in [0.29, 0.717) is 5.75 Å². The summed E-state index contributed by atoms with van der Waals surface area (Å²) in [4.78, 5) is 25.4. The van der Waals surface area contributed by atoms with Gasteiger partial charge in [-0.25, -0.2) is 13.6 Å². The van der Waals surface area contributed by atoms with Gasteiger partial charge in [-0.3, -0.25) is 9.69 Å². The number of rotatable bonds is 7. The summed E-state index contributed by atoms with van der Waals surface area (Å²) in [7, 11) is 1.52. The van der Waals surface area contributed by atoms with E-state index in [0.717, 1.165) is 46.2 Å². The summed E-state index contributed by atoms with van der Waals surface area (Å²) in [6.07, 6.45) is -1.74. The third-order valence-electron chi connectivity index (χ3n) is 6.39. The molecule has 2 aromatic carbocycles. The van der Waals surface area contributed by atoms with Crippen LogP contribution in [0.25, 0.3) is 0 Å². The number of carboxylic acid groups (broad SMARTS) is 1. The van der Waals surface area contributed by atoms with E-state index in [1.54, 1.807) is 0 Å². The fourth-order valence-corrected chi connectivity index (χ4v) is 4.97. The third-order valence-corrected chi connectivity index (χ3v) is 6.39. The number of methoxy groups -OCH3 is 1. The molecule has 36 heavy (non-hydrogen) atoms. The minimum absolute atomic E-state index is 0.00503. The van der Waals surface area contributed by atoms with E-state index in [-0.39, 0.29) is 30.4 Å². The second kappa shape index (κ2) is 10.8. The number of nitrogens with zero attached hydrogens (tertiary/aromatic N) is 1. The van der Waals surface area contributed by atoms with Gasteiger partial charge in [0.1, 0.15) is 17.4 Å². The minimum Gasteiger partial charge on any atom is -0.496 e. The van der Waals surface area contributed by atoms with Crippen LogP contribution in [0.1, 0.15) is 49.9 Å². The Hall–Kier alpha value is -3.20. The lowest BCUT2D eigenvalue weighted by atomic mass is 9.80. The van der Waals surface area contributed by atoms with Crippen LogP contribution in [0.3, 0.4) is 0 Å². The second-order valence-corrected chi connectivity index (χ2v) is 10.6. The lowest BCUT2D eigenvalue weighted by Crippen LogP contribution is -2.58. The predicted molar refractivity (Wildman–Crippen MR) is 131 cm³/mol. The maximum absolute atomic E-state index is 13.8. The van der Waals surface area contributed by atoms with Crippen LogP contribution in [0.15, 0.2) is 30.3 Å². The van der Waals surface area contributed by atoms with Gasteiger partial charge < -0.3 is 20.3 Å². The molecule has 0 aromatic heterocycles. The molecular weight excluding hydrogens is 470 g/mol. The number of ether oxygens (including phenoxy) is 1. The van der Waals surface area contributed by atoms with E-state index in [9.17, 15) is 28.6 Å². The summed E-state index contributed by atoms with van der Waals surface area (Å²) in [5, 5.41) is 24.1.